The van der Waals surface area contributed by atoms with Gasteiger partial charge in [-0.25, -0.2) is 0 Å². The van der Waals surface area contributed by atoms with Crippen molar-refractivity contribution in [2.45, 2.75) is 12.1 Å². The topological polar surface area (TPSA) is 62.5 Å². The lowest BCUT2D eigenvalue weighted by atomic mass is 9.92. The molecule has 1 aliphatic heterocycles. The number of β-amino-alcohol motifs (C(OH)–C–C–N with tert-alkyl or cyclic N) is 1. The van der Waals surface area contributed by atoms with Crippen LogP contribution in [0.1, 0.15) is 5.69 Å². The summed E-state index contributed by atoms with van der Waals surface area (Å²) in [5, 5.41) is 17.8. The van der Waals surface area contributed by atoms with E-state index in [0.29, 0.717) is 18.8 Å². The first kappa shape index (κ1) is 12.3. The summed E-state index contributed by atoms with van der Waals surface area (Å²) < 4.78 is 7.10. The summed E-state index contributed by atoms with van der Waals surface area (Å²) in [6, 6.07) is 0. The van der Waals surface area contributed by atoms with E-state index in [9.17, 15) is 5.11 Å². The van der Waals surface area contributed by atoms with Crippen molar-refractivity contribution in [3.63, 3.8) is 0 Å². The number of rotatable bonds is 5. The lowest BCUT2D eigenvalue weighted by Gasteiger charge is -2.38. The molecule has 0 saturated carbocycles. The van der Waals surface area contributed by atoms with Crippen LogP contribution in [0.15, 0.2) is 6.20 Å². The van der Waals surface area contributed by atoms with Crippen molar-refractivity contribution in [2.75, 3.05) is 40.8 Å². The molecule has 0 spiro atoms. The summed E-state index contributed by atoms with van der Waals surface area (Å²) in [5.41, 5.74) is -0.0608. The molecule has 1 fully saturated rings. The first-order valence-corrected chi connectivity index (χ1v) is 5.75. The zero-order valence-electron chi connectivity index (χ0n) is 10.6. The van der Waals surface area contributed by atoms with Crippen molar-refractivity contribution in [3.8, 4) is 5.75 Å². The summed E-state index contributed by atoms with van der Waals surface area (Å²) in [4.78, 5) is 2.08. The second-order valence-electron chi connectivity index (χ2n) is 4.72. The molecule has 96 valence electrons. The largest absolute Gasteiger partial charge is 0.493 e. The highest BCUT2D eigenvalue weighted by Gasteiger charge is 2.41. The van der Waals surface area contributed by atoms with Gasteiger partial charge in [0.25, 0.3) is 0 Å². The molecule has 0 radical (unpaired) electrons. The van der Waals surface area contributed by atoms with Crippen molar-refractivity contribution in [2.24, 2.45) is 0 Å². The maximum Gasteiger partial charge on any atom is 0.163 e. The van der Waals surface area contributed by atoms with Gasteiger partial charge in [0.05, 0.1) is 19.9 Å². The number of ether oxygens (including phenoxy) is 1. The minimum Gasteiger partial charge on any atom is -0.493 e. The molecule has 0 aliphatic carbocycles. The van der Waals surface area contributed by atoms with Crippen molar-refractivity contribution in [3.05, 3.63) is 11.9 Å². The molecule has 6 heteroatoms. The van der Waals surface area contributed by atoms with E-state index < -0.39 is 5.60 Å². The van der Waals surface area contributed by atoms with Crippen LogP contribution in [-0.4, -0.2) is 60.6 Å². The summed E-state index contributed by atoms with van der Waals surface area (Å²) in [6.07, 6.45) is 1.67. The molecule has 0 aromatic carbocycles. The molecule has 2 heterocycles. The molecule has 1 saturated heterocycles. The molecule has 1 aromatic heterocycles. The standard InChI is InChI=1S/C11H20N4O2/c1-14(2)4-5-15-10(9(17-3)6-13-15)11(16)7-12-8-11/h6,12,16H,4-5,7-8H2,1-3H3. The van der Waals surface area contributed by atoms with Gasteiger partial charge in [-0.05, 0) is 14.1 Å². The van der Waals surface area contributed by atoms with E-state index in [4.69, 9.17) is 4.74 Å². The first-order chi connectivity index (χ1) is 8.07. The Morgan fingerprint density at radius 3 is 2.76 bits per heavy atom. The number of nitrogens with one attached hydrogen (secondary N) is 1. The van der Waals surface area contributed by atoms with Crippen molar-refractivity contribution < 1.29 is 9.84 Å². The number of nitrogens with zero attached hydrogens (tertiary/aromatic N) is 3. The van der Waals surface area contributed by atoms with Gasteiger partial charge < -0.3 is 20.1 Å². The number of aromatic nitrogens is 2. The number of hydrogen-bond donors (Lipinski definition) is 2. The fourth-order valence-electron chi connectivity index (χ4n) is 1.98. The highest BCUT2D eigenvalue weighted by molar-refractivity contribution is 5.33. The number of hydrogen-bond acceptors (Lipinski definition) is 5. The zero-order chi connectivity index (χ0) is 12.5. The van der Waals surface area contributed by atoms with E-state index in [2.05, 4.69) is 15.3 Å². The van der Waals surface area contributed by atoms with Crippen molar-refractivity contribution in [1.29, 1.82) is 0 Å². The van der Waals surface area contributed by atoms with Crippen LogP contribution in [-0.2, 0) is 12.1 Å². The summed E-state index contributed by atoms with van der Waals surface area (Å²) >= 11 is 0. The number of aliphatic hydroxyl groups is 1. The van der Waals surface area contributed by atoms with Gasteiger partial charge in [-0.3, -0.25) is 4.68 Å². The highest BCUT2D eigenvalue weighted by Crippen LogP contribution is 2.32. The fourth-order valence-corrected chi connectivity index (χ4v) is 1.98. The van der Waals surface area contributed by atoms with E-state index in [0.717, 1.165) is 18.8 Å². The summed E-state index contributed by atoms with van der Waals surface area (Å²) in [6.45, 7) is 2.73. The Bertz CT molecular complexity index is 385. The quantitative estimate of drug-likeness (QED) is 0.708. The fraction of sp³-hybridized carbons (Fsp3) is 0.727. The van der Waals surface area contributed by atoms with Crippen LogP contribution in [0.25, 0.3) is 0 Å². The van der Waals surface area contributed by atoms with Gasteiger partial charge in [0, 0.05) is 19.6 Å². The average molecular weight is 240 g/mol. The maximum atomic E-state index is 10.4. The predicted octanol–water partition coefficient (Wildman–Crippen LogP) is -0.756. The van der Waals surface area contributed by atoms with Gasteiger partial charge in [0.2, 0.25) is 0 Å². The molecule has 0 amide bonds. The van der Waals surface area contributed by atoms with Crippen LogP contribution in [0.3, 0.4) is 0 Å². The summed E-state index contributed by atoms with van der Waals surface area (Å²) in [5.74, 6) is 0.660. The van der Waals surface area contributed by atoms with Crippen LogP contribution in [0.2, 0.25) is 0 Å². The third kappa shape index (κ3) is 2.29. The minimum atomic E-state index is -0.839. The molecule has 2 N–H and O–H groups in total. The van der Waals surface area contributed by atoms with Gasteiger partial charge in [0.15, 0.2) is 5.75 Å². The summed E-state index contributed by atoms with van der Waals surface area (Å²) in [7, 11) is 5.63. The molecule has 6 nitrogen and oxygen atoms in total. The molecule has 1 aliphatic rings. The lowest BCUT2D eigenvalue weighted by Crippen LogP contribution is -2.57. The Hall–Kier alpha value is -1.11. The van der Waals surface area contributed by atoms with Crippen molar-refractivity contribution in [1.82, 2.24) is 20.0 Å². The number of likely N-dealkylation sites (N-methyl/N-ethyl adjacent to an activating group) is 1. The Morgan fingerprint density at radius 2 is 2.29 bits per heavy atom. The molecule has 1 aromatic rings. The second-order valence-corrected chi connectivity index (χ2v) is 4.72. The molecule has 2 rings (SSSR count). The molecule has 0 unspecified atom stereocenters. The monoisotopic (exact) mass is 240 g/mol. The van der Waals surface area contributed by atoms with Gasteiger partial charge in [0.1, 0.15) is 11.3 Å². The van der Waals surface area contributed by atoms with Crippen LogP contribution < -0.4 is 10.1 Å². The van der Waals surface area contributed by atoms with E-state index in [1.807, 2.05) is 18.8 Å². The SMILES string of the molecule is COc1cnn(CCN(C)C)c1C1(O)CNC1. The predicted molar refractivity (Wildman–Crippen MR) is 64.1 cm³/mol. The Morgan fingerprint density at radius 1 is 1.59 bits per heavy atom. The highest BCUT2D eigenvalue weighted by atomic mass is 16.5. The van der Waals surface area contributed by atoms with Crippen LogP contribution in [0.4, 0.5) is 0 Å². The van der Waals surface area contributed by atoms with Gasteiger partial charge in [-0.1, -0.05) is 0 Å². The van der Waals surface area contributed by atoms with E-state index in [-0.39, 0.29) is 0 Å². The van der Waals surface area contributed by atoms with Gasteiger partial charge >= 0.3 is 0 Å². The van der Waals surface area contributed by atoms with Crippen molar-refractivity contribution >= 4 is 0 Å². The molecule has 0 bridgehead atoms. The second kappa shape index (κ2) is 4.64. The number of methoxy groups -OCH3 is 1. The lowest BCUT2D eigenvalue weighted by molar-refractivity contribution is -0.0246. The van der Waals surface area contributed by atoms with Crippen LogP contribution >= 0.6 is 0 Å². The maximum absolute atomic E-state index is 10.4. The Kier molecular flexibility index (Phi) is 3.37. The third-order valence-electron chi connectivity index (χ3n) is 3.06. The van der Waals surface area contributed by atoms with E-state index >= 15 is 0 Å². The normalized spacial score (nSPS) is 18.2. The van der Waals surface area contributed by atoms with E-state index in [1.165, 1.54) is 0 Å². The van der Waals surface area contributed by atoms with Gasteiger partial charge in [-0.2, -0.15) is 5.10 Å². The van der Waals surface area contributed by atoms with Crippen LogP contribution in [0, 0.1) is 0 Å². The molecule has 17 heavy (non-hydrogen) atoms. The molecular weight excluding hydrogens is 220 g/mol. The third-order valence-corrected chi connectivity index (χ3v) is 3.06. The van der Waals surface area contributed by atoms with Gasteiger partial charge in [-0.15, -0.1) is 0 Å². The minimum absolute atomic E-state index is 0.553. The van der Waals surface area contributed by atoms with Crippen LogP contribution in [0.5, 0.6) is 5.75 Å². The molecule has 0 atom stereocenters. The molecular formula is C11H20N4O2. The van der Waals surface area contributed by atoms with E-state index in [1.54, 1.807) is 13.3 Å². The Balaban J connectivity index is 2.23. The smallest absolute Gasteiger partial charge is 0.163 e. The first-order valence-electron chi connectivity index (χ1n) is 5.75. The average Bonchev–Trinajstić information content (AvgIpc) is 2.66. The zero-order valence-corrected chi connectivity index (χ0v) is 10.6. The Labute approximate surface area is 101 Å².